The van der Waals surface area contributed by atoms with E-state index in [-0.39, 0.29) is 30.9 Å². The number of carbonyl (C=O) groups excluding carboxylic acids is 3. The topological polar surface area (TPSA) is 75.7 Å². The number of anilines is 1. The Labute approximate surface area is 191 Å². The number of amides is 2. The average Bonchev–Trinajstić information content (AvgIpc) is 3.36. The van der Waals surface area contributed by atoms with Gasteiger partial charge in [0.15, 0.2) is 0 Å². The Balaban J connectivity index is 1.74. The first-order valence-electron chi connectivity index (χ1n) is 10.4. The van der Waals surface area contributed by atoms with Crippen molar-refractivity contribution in [2.45, 2.75) is 13.3 Å². The van der Waals surface area contributed by atoms with Crippen molar-refractivity contribution in [3.8, 4) is 0 Å². The highest BCUT2D eigenvalue weighted by Gasteiger charge is 2.24. The molecule has 1 unspecified atom stereocenters. The number of esters is 1. The molecule has 1 heterocycles. The third-order valence-corrected chi connectivity index (χ3v) is 5.86. The molecule has 3 rings (SSSR count). The second-order valence-electron chi connectivity index (χ2n) is 7.21. The lowest BCUT2D eigenvalue weighted by atomic mass is 9.99. The minimum absolute atomic E-state index is 0.128. The summed E-state index contributed by atoms with van der Waals surface area (Å²) in [6.07, 6.45) is 0.457. The highest BCUT2D eigenvalue weighted by Crippen LogP contribution is 2.23. The van der Waals surface area contributed by atoms with E-state index in [9.17, 15) is 14.4 Å². The minimum atomic E-state index is -0.515. The van der Waals surface area contributed by atoms with Gasteiger partial charge in [-0.05, 0) is 42.5 Å². The molecule has 0 aliphatic rings. The van der Waals surface area contributed by atoms with Crippen LogP contribution in [-0.2, 0) is 16.0 Å². The number of rotatable bonds is 9. The molecule has 0 radical (unpaired) electrons. The van der Waals surface area contributed by atoms with Gasteiger partial charge in [-0.1, -0.05) is 48.5 Å². The molecule has 0 aliphatic heterocycles. The van der Waals surface area contributed by atoms with Gasteiger partial charge in [0, 0.05) is 13.6 Å². The van der Waals surface area contributed by atoms with Crippen LogP contribution in [0.15, 0.2) is 72.1 Å². The summed E-state index contributed by atoms with van der Waals surface area (Å²) in [6, 6.07) is 20.1. The summed E-state index contributed by atoms with van der Waals surface area (Å²) in [4.78, 5) is 40.3. The van der Waals surface area contributed by atoms with Crippen LogP contribution in [0.25, 0.3) is 0 Å². The monoisotopic (exact) mass is 450 g/mol. The SMILES string of the molecule is CCOC(=O)C(CNC(=O)c1ccccc1N(C)C(=O)c1cccs1)Cc1ccccc1. The Morgan fingerprint density at radius 2 is 1.72 bits per heavy atom. The fraction of sp³-hybridized carbons (Fsp3) is 0.240. The molecule has 0 saturated heterocycles. The Morgan fingerprint density at radius 1 is 1.00 bits per heavy atom. The Hall–Kier alpha value is -3.45. The third kappa shape index (κ3) is 5.82. The van der Waals surface area contributed by atoms with Crippen LogP contribution in [0, 0.1) is 5.92 Å². The zero-order valence-electron chi connectivity index (χ0n) is 18.1. The number of carbonyl (C=O) groups is 3. The summed E-state index contributed by atoms with van der Waals surface area (Å²) in [5.41, 5.74) is 1.85. The highest BCUT2D eigenvalue weighted by atomic mass is 32.1. The van der Waals surface area contributed by atoms with Crippen molar-refractivity contribution in [3.05, 3.63) is 88.1 Å². The molecule has 6 nitrogen and oxygen atoms in total. The van der Waals surface area contributed by atoms with E-state index in [1.165, 1.54) is 16.2 Å². The van der Waals surface area contributed by atoms with Gasteiger partial charge >= 0.3 is 5.97 Å². The van der Waals surface area contributed by atoms with Gasteiger partial charge in [-0.25, -0.2) is 0 Å². The van der Waals surface area contributed by atoms with Crippen molar-refractivity contribution in [3.63, 3.8) is 0 Å². The summed E-state index contributed by atoms with van der Waals surface area (Å²) in [7, 11) is 1.64. The summed E-state index contributed by atoms with van der Waals surface area (Å²) in [6.45, 7) is 2.16. The normalized spacial score (nSPS) is 11.4. The fourth-order valence-electron chi connectivity index (χ4n) is 3.34. The molecule has 32 heavy (non-hydrogen) atoms. The molecule has 0 saturated carbocycles. The molecule has 0 bridgehead atoms. The fourth-order valence-corrected chi connectivity index (χ4v) is 4.04. The smallest absolute Gasteiger partial charge is 0.311 e. The molecular weight excluding hydrogens is 424 g/mol. The van der Waals surface area contributed by atoms with E-state index in [0.717, 1.165) is 5.56 Å². The van der Waals surface area contributed by atoms with E-state index >= 15 is 0 Å². The van der Waals surface area contributed by atoms with E-state index in [4.69, 9.17) is 4.74 Å². The number of benzene rings is 2. The van der Waals surface area contributed by atoms with Crippen molar-refractivity contribution < 1.29 is 19.1 Å². The standard InChI is InChI=1S/C25H26N2O4S/c1-3-31-25(30)19(16-18-10-5-4-6-11-18)17-26-23(28)20-12-7-8-13-21(20)27(2)24(29)22-14-9-15-32-22/h4-15,19H,3,16-17H2,1-2H3,(H,26,28). The number of hydrogen-bond donors (Lipinski definition) is 1. The van der Waals surface area contributed by atoms with Crippen LogP contribution in [0.3, 0.4) is 0 Å². The van der Waals surface area contributed by atoms with E-state index in [1.54, 1.807) is 44.3 Å². The van der Waals surface area contributed by atoms with Crippen molar-refractivity contribution in [1.82, 2.24) is 5.32 Å². The molecule has 1 atom stereocenters. The van der Waals surface area contributed by atoms with Crippen LogP contribution in [0.4, 0.5) is 5.69 Å². The number of hydrogen-bond acceptors (Lipinski definition) is 5. The van der Waals surface area contributed by atoms with E-state index in [0.29, 0.717) is 22.5 Å². The summed E-state index contributed by atoms with van der Waals surface area (Å²) >= 11 is 1.35. The van der Waals surface area contributed by atoms with Crippen LogP contribution >= 0.6 is 11.3 Å². The Morgan fingerprint density at radius 3 is 2.41 bits per heavy atom. The van der Waals surface area contributed by atoms with Gasteiger partial charge in [0.2, 0.25) is 0 Å². The number of thiophene rings is 1. The van der Waals surface area contributed by atoms with E-state index in [1.807, 2.05) is 41.8 Å². The first kappa shape index (κ1) is 23.2. The molecular formula is C25H26N2O4S. The lowest BCUT2D eigenvalue weighted by molar-refractivity contribution is -0.147. The zero-order chi connectivity index (χ0) is 22.9. The maximum atomic E-state index is 13.0. The molecule has 0 spiro atoms. The maximum Gasteiger partial charge on any atom is 0.311 e. The Bertz CT molecular complexity index is 1050. The van der Waals surface area contributed by atoms with Crippen LogP contribution in [-0.4, -0.2) is 38.0 Å². The highest BCUT2D eigenvalue weighted by molar-refractivity contribution is 7.12. The van der Waals surface area contributed by atoms with E-state index in [2.05, 4.69) is 5.32 Å². The summed E-state index contributed by atoms with van der Waals surface area (Å²) in [5.74, 6) is -1.41. The number of ether oxygens (including phenoxy) is 1. The van der Waals surface area contributed by atoms with Gasteiger partial charge in [0.25, 0.3) is 11.8 Å². The average molecular weight is 451 g/mol. The van der Waals surface area contributed by atoms with Crippen molar-refractivity contribution in [1.29, 1.82) is 0 Å². The van der Waals surface area contributed by atoms with E-state index < -0.39 is 5.92 Å². The van der Waals surface area contributed by atoms with Crippen molar-refractivity contribution in [2.75, 3.05) is 25.1 Å². The lowest BCUT2D eigenvalue weighted by Gasteiger charge is -2.21. The number of nitrogens with one attached hydrogen (secondary N) is 1. The summed E-state index contributed by atoms with van der Waals surface area (Å²) in [5, 5.41) is 4.69. The minimum Gasteiger partial charge on any atom is -0.466 e. The summed E-state index contributed by atoms with van der Waals surface area (Å²) < 4.78 is 5.21. The number of para-hydroxylation sites is 1. The van der Waals surface area contributed by atoms with Gasteiger partial charge in [0.1, 0.15) is 0 Å². The molecule has 3 aromatic rings. The largest absolute Gasteiger partial charge is 0.466 e. The van der Waals surface area contributed by atoms with Gasteiger partial charge in [0.05, 0.1) is 28.7 Å². The molecule has 7 heteroatoms. The first-order valence-corrected chi connectivity index (χ1v) is 11.3. The molecule has 1 aromatic heterocycles. The predicted molar refractivity (Wildman–Crippen MR) is 126 cm³/mol. The van der Waals surface area contributed by atoms with Crippen LogP contribution < -0.4 is 10.2 Å². The van der Waals surface area contributed by atoms with Gasteiger partial charge in [-0.15, -0.1) is 11.3 Å². The third-order valence-electron chi connectivity index (χ3n) is 5.00. The van der Waals surface area contributed by atoms with Gasteiger partial charge < -0.3 is 15.0 Å². The molecule has 0 fully saturated rings. The van der Waals surface area contributed by atoms with Crippen LogP contribution in [0.2, 0.25) is 0 Å². The molecule has 0 aliphatic carbocycles. The molecule has 1 N–H and O–H groups in total. The molecule has 166 valence electrons. The zero-order valence-corrected chi connectivity index (χ0v) is 18.9. The predicted octanol–water partition coefficient (Wildman–Crippen LogP) is 4.18. The van der Waals surface area contributed by atoms with Crippen LogP contribution in [0.1, 0.15) is 32.5 Å². The van der Waals surface area contributed by atoms with Crippen molar-refractivity contribution in [2.24, 2.45) is 5.92 Å². The van der Waals surface area contributed by atoms with Crippen molar-refractivity contribution >= 4 is 34.8 Å². The Kier molecular flexibility index (Phi) is 8.16. The molecule has 2 aromatic carbocycles. The van der Waals surface area contributed by atoms with Crippen LogP contribution in [0.5, 0.6) is 0 Å². The quantitative estimate of drug-likeness (QED) is 0.497. The maximum absolute atomic E-state index is 13.0. The second kappa shape index (κ2) is 11.2. The van der Waals surface area contributed by atoms with Gasteiger partial charge in [-0.3, -0.25) is 14.4 Å². The number of nitrogens with zero attached hydrogens (tertiary/aromatic N) is 1. The second-order valence-corrected chi connectivity index (χ2v) is 8.16. The van der Waals surface area contributed by atoms with Gasteiger partial charge in [-0.2, -0.15) is 0 Å². The lowest BCUT2D eigenvalue weighted by Crippen LogP contribution is -2.36. The molecule has 2 amide bonds. The first-order chi connectivity index (χ1) is 15.5.